The molecule has 0 radical (unpaired) electrons. The number of unbranched alkanes of at least 4 members (excludes halogenated alkanes) is 1. The maximum Gasteiger partial charge on any atom is 0.340 e. The van der Waals surface area contributed by atoms with Gasteiger partial charge in [-0.25, -0.2) is 4.79 Å². The molecule has 0 unspecified atom stereocenters. The van der Waals surface area contributed by atoms with E-state index in [1.807, 2.05) is 66.7 Å². The average Bonchev–Trinajstić information content (AvgIpc) is 3.08. The number of carbonyl (C=O) groups excluding carboxylic acids is 2. The molecule has 5 heteroatoms. The van der Waals surface area contributed by atoms with Gasteiger partial charge in [-0.2, -0.15) is 0 Å². The van der Waals surface area contributed by atoms with Crippen LogP contribution in [-0.4, -0.2) is 19.0 Å². The largest absolute Gasteiger partial charge is 0.468 e. The summed E-state index contributed by atoms with van der Waals surface area (Å²) in [5, 5.41) is 0. The van der Waals surface area contributed by atoms with Crippen molar-refractivity contribution in [2.45, 2.75) is 24.9 Å². The summed E-state index contributed by atoms with van der Waals surface area (Å²) >= 11 is 0. The van der Waals surface area contributed by atoms with Crippen molar-refractivity contribution in [3.63, 3.8) is 0 Å². The zero-order chi connectivity index (χ0) is 20.6. The van der Waals surface area contributed by atoms with E-state index in [9.17, 15) is 9.59 Å². The van der Waals surface area contributed by atoms with Crippen molar-refractivity contribution in [3.05, 3.63) is 94.5 Å². The first-order valence-corrected chi connectivity index (χ1v) is 10.0. The van der Waals surface area contributed by atoms with Crippen molar-refractivity contribution in [3.8, 4) is 11.5 Å². The van der Waals surface area contributed by atoms with Crippen molar-refractivity contribution in [2.24, 2.45) is 0 Å². The number of hydrogen-bond donors (Lipinski definition) is 0. The maximum absolute atomic E-state index is 13.2. The predicted octanol–water partition coefficient (Wildman–Crippen LogP) is 4.75. The van der Waals surface area contributed by atoms with Gasteiger partial charge in [-0.15, -0.1) is 0 Å². The molecule has 0 fully saturated rings. The Morgan fingerprint density at radius 2 is 1.50 bits per heavy atom. The number of aryl methyl sites for hydroxylation is 1. The van der Waals surface area contributed by atoms with Crippen LogP contribution in [0.15, 0.2) is 66.7 Å². The van der Waals surface area contributed by atoms with E-state index in [1.54, 1.807) is 0 Å². The highest BCUT2D eigenvalue weighted by Crippen LogP contribution is 2.56. The molecule has 2 aliphatic rings. The molecule has 0 N–H and O–H groups in total. The second-order valence-corrected chi connectivity index (χ2v) is 7.43. The molecule has 2 aliphatic heterocycles. The minimum atomic E-state index is -1.02. The van der Waals surface area contributed by atoms with E-state index in [0.717, 1.165) is 35.1 Å². The van der Waals surface area contributed by atoms with Gasteiger partial charge in [0.2, 0.25) is 0 Å². The second-order valence-electron chi connectivity index (χ2n) is 7.43. The fraction of sp³-hybridized carbons (Fsp3) is 0.200. The third-order valence-electron chi connectivity index (χ3n) is 5.76. The number of carbonyl (C=O) groups is 2. The van der Waals surface area contributed by atoms with Crippen LogP contribution in [0.4, 0.5) is 0 Å². The molecular weight excluding hydrogens is 380 g/mol. The Morgan fingerprint density at radius 3 is 2.20 bits per heavy atom. The van der Waals surface area contributed by atoms with Crippen LogP contribution in [0.5, 0.6) is 11.5 Å². The van der Waals surface area contributed by atoms with Crippen LogP contribution in [0.2, 0.25) is 0 Å². The summed E-state index contributed by atoms with van der Waals surface area (Å²) < 4.78 is 17.1. The number of esters is 1. The maximum atomic E-state index is 13.2. The van der Waals surface area contributed by atoms with Crippen molar-refractivity contribution in [1.29, 1.82) is 0 Å². The first-order chi connectivity index (χ1) is 14.8. The summed E-state index contributed by atoms with van der Waals surface area (Å²) in [7, 11) is 0. The fourth-order valence-electron chi connectivity index (χ4n) is 4.49. The molecule has 3 aromatic carbocycles. The lowest BCUT2D eigenvalue weighted by atomic mass is 9.77. The molecule has 30 heavy (non-hydrogen) atoms. The van der Waals surface area contributed by atoms with E-state index < -0.39 is 5.60 Å². The Labute approximate surface area is 174 Å². The zero-order valence-corrected chi connectivity index (χ0v) is 16.3. The lowest BCUT2D eigenvalue weighted by Gasteiger charge is -2.36. The smallest absolute Gasteiger partial charge is 0.340 e. The highest BCUT2D eigenvalue weighted by molar-refractivity contribution is 5.98. The molecule has 1 spiro atoms. The number of rotatable bonds is 6. The quantitative estimate of drug-likeness (QED) is 0.339. The van der Waals surface area contributed by atoms with Gasteiger partial charge in [0.1, 0.15) is 11.5 Å². The van der Waals surface area contributed by atoms with Gasteiger partial charge in [0.15, 0.2) is 5.60 Å². The molecule has 150 valence electrons. The Kier molecular flexibility index (Phi) is 4.51. The summed E-state index contributed by atoms with van der Waals surface area (Å²) in [5.74, 6) is 1.05. The predicted molar refractivity (Wildman–Crippen MR) is 110 cm³/mol. The summed E-state index contributed by atoms with van der Waals surface area (Å²) in [6.45, 7) is 0.840. The van der Waals surface area contributed by atoms with Crippen LogP contribution in [-0.2, 0) is 26.3 Å². The van der Waals surface area contributed by atoms with Gasteiger partial charge in [-0.05, 0) is 37.0 Å². The van der Waals surface area contributed by atoms with Crippen LogP contribution in [0, 0.1) is 0 Å². The summed E-state index contributed by atoms with van der Waals surface area (Å²) in [5.41, 5.74) is 3.05. The molecule has 2 heterocycles. The topological polar surface area (TPSA) is 61.8 Å². The zero-order valence-electron chi connectivity index (χ0n) is 16.3. The molecule has 0 amide bonds. The van der Waals surface area contributed by atoms with E-state index in [4.69, 9.17) is 14.2 Å². The second kappa shape index (κ2) is 7.34. The molecule has 5 rings (SSSR count). The Balaban J connectivity index is 1.63. The van der Waals surface area contributed by atoms with Crippen LogP contribution in [0.3, 0.4) is 0 Å². The number of hydrogen-bond acceptors (Lipinski definition) is 5. The molecule has 0 saturated carbocycles. The normalized spacial score (nSPS) is 14.9. The molecule has 0 bridgehead atoms. The van der Waals surface area contributed by atoms with Crippen LogP contribution >= 0.6 is 0 Å². The first-order valence-electron chi connectivity index (χ1n) is 10.0. The summed E-state index contributed by atoms with van der Waals surface area (Å²) in [6.07, 6.45) is 2.25. The lowest BCUT2D eigenvalue weighted by molar-refractivity contribution is -0.128. The van der Waals surface area contributed by atoms with Crippen LogP contribution in [0.25, 0.3) is 0 Å². The van der Waals surface area contributed by atoms with Crippen molar-refractivity contribution in [1.82, 2.24) is 0 Å². The van der Waals surface area contributed by atoms with Gasteiger partial charge < -0.3 is 14.2 Å². The minimum Gasteiger partial charge on any atom is -0.468 e. The van der Waals surface area contributed by atoms with E-state index in [1.165, 1.54) is 0 Å². The molecule has 5 nitrogen and oxygen atoms in total. The standard InChI is InChI=1S/C25H20O5/c26-16-28-15-6-5-8-17-9-7-12-20-23(17)24(27)30-25(20)18-10-1-3-13-21(18)29-22-14-4-2-11-19(22)25/h1-4,7,9-14,16H,5-6,8,15H2. The van der Waals surface area contributed by atoms with Crippen LogP contribution < -0.4 is 4.74 Å². The summed E-state index contributed by atoms with van der Waals surface area (Å²) in [6, 6.07) is 21.3. The number of para-hydroxylation sites is 2. The van der Waals surface area contributed by atoms with Gasteiger partial charge >= 0.3 is 5.97 Å². The molecule has 0 saturated heterocycles. The summed E-state index contributed by atoms with van der Waals surface area (Å²) in [4.78, 5) is 23.5. The number of benzene rings is 3. The average molecular weight is 400 g/mol. The van der Waals surface area contributed by atoms with Crippen molar-refractivity contribution < 1.29 is 23.8 Å². The van der Waals surface area contributed by atoms with E-state index >= 15 is 0 Å². The molecular formula is C25H20O5. The van der Waals surface area contributed by atoms with E-state index in [2.05, 4.69) is 0 Å². The Hall–Kier alpha value is -3.60. The third-order valence-corrected chi connectivity index (χ3v) is 5.76. The van der Waals surface area contributed by atoms with Crippen LogP contribution in [0.1, 0.15) is 45.5 Å². The highest BCUT2D eigenvalue weighted by Gasteiger charge is 2.53. The molecule has 3 aromatic rings. The van der Waals surface area contributed by atoms with Gasteiger partial charge in [0.05, 0.1) is 12.2 Å². The number of fused-ring (bicyclic) bond motifs is 6. The van der Waals surface area contributed by atoms with E-state index in [-0.39, 0.29) is 5.97 Å². The Morgan fingerprint density at radius 1 is 0.833 bits per heavy atom. The first kappa shape index (κ1) is 18.4. The minimum absolute atomic E-state index is 0.323. The third kappa shape index (κ3) is 2.70. The van der Waals surface area contributed by atoms with Gasteiger partial charge in [0.25, 0.3) is 6.47 Å². The molecule has 0 aromatic heterocycles. The van der Waals surface area contributed by atoms with Crippen molar-refractivity contribution in [2.75, 3.05) is 6.61 Å². The van der Waals surface area contributed by atoms with Gasteiger partial charge in [0, 0.05) is 16.7 Å². The van der Waals surface area contributed by atoms with Crippen molar-refractivity contribution >= 4 is 12.4 Å². The highest BCUT2D eigenvalue weighted by atomic mass is 16.6. The lowest BCUT2D eigenvalue weighted by Crippen LogP contribution is -2.32. The number of ether oxygens (including phenoxy) is 3. The molecule has 0 aliphatic carbocycles. The van der Waals surface area contributed by atoms with Gasteiger partial charge in [-0.3, -0.25) is 4.79 Å². The van der Waals surface area contributed by atoms with Gasteiger partial charge in [-0.1, -0.05) is 54.6 Å². The monoisotopic (exact) mass is 400 g/mol. The molecule has 0 atom stereocenters. The Bertz CT molecular complexity index is 1090. The fourth-order valence-corrected chi connectivity index (χ4v) is 4.49. The SMILES string of the molecule is O=COCCCCc1cccc2c1C(=O)OC21c2ccccc2Oc2ccccc21. The van der Waals surface area contributed by atoms with E-state index in [0.29, 0.717) is 36.6 Å².